The van der Waals surface area contributed by atoms with Crippen molar-refractivity contribution in [2.45, 2.75) is 5.16 Å². The Balaban J connectivity index is 2.09. The lowest BCUT2D eigenvalue weighted by atomic mass is 10.1. The summed E-state index contributed by atoms with van der Waals surface area (Å²) in [6.45, 7) is 0. The van der Waals surface area contributed by atoms with E-state index in [2.05, 4.69) is 19.9 Å². The van der Waals surface area contributed by atoms with E-state index in [1.54, 1.807) is 25.7 Å². The highest BCUT2D eigenvalue weighted by atomic mass is 32.2. The van der Waals surface area contributed by atoms with Gasteiger partial charge in [0.25, 0.3) is 0 Å². The summed E-state index contributed by atoms with van der Waals surface area (Å²) in [4.78, 5) is 17.3. The van der Waals surface area contributed by atoms with E-state index in [1.165, 1.54) is 0 Å². The lowest BCUT2D eigenvalue weighted by molar-refractivity contribution is 0.486. The zero-order chi connectivity index (χ0) is 15.8. The van der Waals surface area contributed by atoms with Crippen LogP contribution in [0.3, 0.4) is 0 Å². The molecule has 0 saturated carbocycles. The summed E-state index contributed by atoms with van der Waals surface area (Å²) in [7, 11) is 1.58. The molecular formula is C15H12N6OS. The van der Waals surface area contributed by atoms with Crippen LogP contribution in [-0.2, 0) is 4.18 Å². The Kier molecular flexibility index (Phi) is 3.32. The van der Waals surface area contributed by atoms with Gasteiger partial charge < -0.3 is 9.92 Å². The molecule has 8 heteroatoms. The number of fused-ring (bicyclic) bond motifs is 3. The normalized spacial score (nSPS) is 11.3. The molecule has 0 aliphatic carbocycles. The van der Waals surface area contributed by atoms with E-state index in [9.17, 15) is 0 Å². The number of rotatable bonds is 3. The molecular weight excluding hydrogens is 312 g/mol. The zero-order valence-electron chi connectivity index (χ0n) is 12.2. The maximum atomic E-state index is 6.05. The highest BCUT2D eigenvalue weighted by Gasteiger charge is 2.17. The Morgan fingerprint density at radius 2 is 1.96 bits per heavy atom. The van der Waals surface area contributed by atoms with Crippen LogP contribution in [0.4, 0.5) is 5.95 Å². The number of anilines is 1. The van der Waals surface area contributed by atoms with Crippen LogP contribution in [0.5, 0.6) is 0 Å². The largest absolute Gasteiger partial charge is 0.369 e. The summed E-state index contributed by atoms with van der Waals surface area (Å²) >= 11 is 1.12. The first-order valence-corrected chi connectivity index (χ1v) is 7.57. The Hall–Kier alpha value is -2.71. The Morgan fingerprint density at radius 3 is 2.83 bits per heavy atom. The van der Waals surface area contributed by atoms with E-state index in [0.29, 0.717) is 11.1 Å². The van der Waals surface area contributed by atoms with Gasteiger partial charge in [0.15, 0.2) is 0 Å². The first-order chi connectivity index (χ1) is 11.3. The first-order valence-electron chi connectivity index (χ1n) is 6.83. The second-order valence-corrected chi connectivity index (χ2v) is 5.61. The van der Waals surface area contributed by atoms with Crippen LogP contribution in [0.15, 0.2) is 48.0 Å². The molecule has 2 N–H and O–H groups in total. The van der Waals surface area contributed by atoms with Gasteiger partial charge in [-0.25, -0.2) is 19.9 Å². The molecule has 0 amide bonds. The minimum atomic E-state index is 0.387. The highest BCUT2D eigenvalue weighted by molar-refractivity contribution is 7.94. The van der Waals surface area contributed by atoms with Gasteiger partial charge in [0, 0.05) is 29.5 Å². The van der Waals surface area contributed by atoms with E-state index < -0.39 is 0 Å². The lowest BCUT2D eigenvalue weighted by Crippen LogP contribution is -1.99. The van der Waals surface area contributed by atoms with Crippen LogP contribution in [0.2, 0.25) is 0 Å². The molecule has 0 radical (unpaired) electrons. The van der Waals surface area contributed by atoms with Gasteiger partial charge in [-0.3, -0.25) is 4.40 Å². The molecule has 0 atom stereocenters. The van der Waals surface area contributed by atoms with Crippen LogP contribution in [-0.4, -0.2) is 31.4 Å². The van der Waals surface area contributed by atoms with Crippen LogP contribution in [0.25, 0.3) is 27.8 Å². The number of hydrogen-bond donors (Lipinski definition) is 1. The summed E-state index contributed by atoms with van der Waals surface area (Å²) in [6, 6.07) is 7.65. The molecule has 0 aromatic carbocycles. The van der Waals surface area contributed by atoms with Crippen molar-refractivity contribution in [3.05, 3.63) is 42.9 Å². The van der Waals surface area contributed by atoms with E-state index in [4.69, 9.17) is 9.92 Å². The molecule has 4 heterocycles. The van der Waals surface area contributed by atoms with E-state index in [1.807, 2.05) is 28.7 Å². The van der Waals surface area contributed by atoms with Crippen LogP contribution < -0.4 is 5.73 Å². The van der Waals surface area contributed by atoms with Crippen molar-refractivity contribution in [1.82, 2.24) is 24.3 Å². The Morgan fingerprint density at radius 1 is 1.09 bits per heavy atom. The fourth-order valence-corrected chi connectivity index (χ4v) is 3.02. The predicted molar refractivity (Wildman–Crippen MR) is 88.8 cm³/mol. The summed E-state index contributed by atoms with van der Waals surface area (Å²) in [5, 5.41) is 1.50. The number of aromatic nitrogens is 5. The third-order valence-corrected chi connectivity index (χ3v) is 3.99. The minimum Gasteiger partial charge on any atom is -0.369 e. The molecule has 23 heavy (non-hydrogen) atoms. The summed E-state index contributed by atoms with van der Waals surface area (Å²) in [5.74, 6) is 0.387. The average Bonchev–Trinajstić information content (AvgIpc) is 2.91. The Bertz CT molecular complexity index is 1020. The maximum absolute atomic E-state index is 6.05. The van der Waals surface area contributed by atoms with E-state index >= 15 is 0 Å². The van der Waals surface area contributed by atoms with Gasteiger partial charge in [0.05, 0.1) is 30.4 Å². The quantitative estimate of drug-likeness (QED) is 0.457. The molecule has 0 aliphatic rings. The van der Waals surface area contributed by atoms with Gasteiger partial charge in [-0.05, 0) is 24.3 Å². The molecule has 4 rings (SSSR count). The fourth-order valence-electron chi connectivity index (χ4n) is 2.63. The second-order valence-electron chi connectivity index (χ2n) is 4.75. The molecule has 7 nitrogen and oxygen atoms in total. The van der Waals surface area contributed by atoms with E-state index in [0.717, 1.165) is 39.9 Å². The zero-order valence-corrected chi connectivity index (χ0v) is 13.0. The summed E-state index contributed by atoms with van der Waals surface area (Å²) in [5.41, 5.74) is 9.43. The molecule has 0 saturated heterocycles. The molecule has 0 bridgehead atoms. The van der Waals surface area contributed by atoms with Crippen molar-refractivity contribution in [3.63, 3.8) is 0 Å². The van der Waals surface area contributed by atoms with Gasteiger partial charge in [-0.15, -0.1) is 0 Å². The number of pyridine rings is 1. The number of nitrogens with zero attached hydrogens (tertiary/aromatic N) is 5. The van der Waals surface area contributed by atoms with Crippen LogP contribution in [0.1, 0.15) is 0 Å². The monoisotopic (exact) mass is 324 g/mol. The topological polar surface area (TPSA) is 91.2 Å². The predicted octanol–water partition coefficient (Wildman–Crippen LogP) is 2.58. The number of hydrogen-bond acceptors (Lipinski definition) is 7. The van der Waals surface area contributed by atoms with Crippen molar-refractivity contribution < 1.29 is 4.18 Å². The first kappa shape index (κ1) is 13.9. The average molecular weight is 324 g/mol. The molecule has 114 valence electrons. The van der Waals surface area contributed by atoms with Crippen molar-refractivity contribution in [2.24, 2.45) is 0 Å². The molecule has 0 unspecified atom stereocenters. The van der Waals surface area contributed by atoms with Crippen LogP contribution >= 0.6 is 12.0 Å². The maximum Gasteiger partial charge on any atom is 0.215 e. The van der Waals surface area contributed by atoms with Crippen molar-refractivity contribution in [3.8, 4) is 11.3 Å². The third kappa shape index (κ3) is 2.19. The van der Waals surface area contributed by atoms with Gasteiger partial charge in [0.2, 0.25) is 11.1 Å². The van der Waals surface area contributed by atoms with Gasteiger partial charge in [0.1, 0.15) is 5.65 Å². The molecule has 0 aliphatic heterocycles. The van der Waals surface area contributed by atoms with Gasteiger partial charge in [-0.1, -0.05) is 0 Å². The SMILES string of the molecule is COSc1nccc(-c2c3cccnc3n3c(N)nccc23)n1. The molecule has 4 aromatic heterocycles. The van der Waals surface area contributed by atoms with Crippen molar-refractivity contribution >= 4 is 34.5 Å². The molecule has 0 spiro atoms. The lowest BCUT2D eigenvalue weighted by Gasteiger charge is -2.03. The second kappa shape index (κ2) is 5.49. The standard InChI is InChI=1S/C15H12N6OS/c1-22-23-15-19-7-4-10(20-15)12-9-3-2-6-17-13(9)21-11(12)5-8-18-14(21)16/h2-8H,1H3,(H2,16,18). The Labute approximate surface area is 135 Å². The van der Waals surface area contributed by atoms with Crippen LogP contribution in [0, 0.1) is 0 Å². The van der Waals surface area contributed by atoms with Crippen molar-refractivity contribution in [2.75, 3.05) is 12.8 Å². The van der Waals surface area contributed by atoms with Gasteiger partial charge in [-0.2, -0.15) is 0 Å². The molecule has 0 fully saturated rings. The highest BCUT2D eigenvalue weighted by Crippen LogP contribution is 2.34. The van der Waals surface area contributed by atoms with Crippen molar-refractivity contribution in [1.29, 1.82) is 0 Å². The smallest absolute Gasteiger partial charge is 0.215 e. The minimum absolute atomic E-state index is 0.387. The number of nitrogen functional groups attached to an aromatic ring is 1. The fraction of sp³-hybridized carbons (Fsp3) is 0.0667. The summed E-state index contributed by atoms with van der Waals surface area (Å²) in [6.07, 6.45) is 5.12. The van der Waals surface area contributed by atoms with Gasteiger partial charge >= 0.3 is 0 Å². The molecule has 4 aromatic rings. The number of nitrogens with two attached hydrogens (primary N) is 1. The summed E-state index contributed by atoms with van der Waals surface area (Å²) < 4.78 is 6.87. The van der Waals surface area contributed by atoms with E-state index in [-0.39, 0.29) is 0 Å². The third-order valence-electron chi connectivity index (χ3n) is 3.48.